The Bertz CT molecular complexity index is 1100. The number of carbonyl (C=O) groups is 1. The molecule has 128 valence electrons. The van der Waals surface area contributed by atoms with Crippen LogP contribution in [0.4, 0.5) is 8.78 Å². The first kappa shape index (κ1) is 15.6. The zero-order chi connectivity index (χ0) is 17.7. The van der Waals surface area contributed by atoms with Gasteiger partial charge in [0.25, 0.3) is 0 Å². The van der Waals surface area contributed by atoms with Crippen LogP contribution >= 0.6 is 11.3 Å². The van der Waals surface area contributed by atoms with Crippen molar-refractivity contribution >= 4 is 38.6 Å². The first-order valence-electron chi connectivity index (χ1n) is 7.20. The van der Waals surface area contributed by atoms with E-state index in [-0.39, 0.29) is 10.6 Å². The SMILES string of the molecule is Cn1cc2c3sc(C(=O)O)cc3n(-c3ccc(OC(F)F)cc3)c2n1. The molecular formula is C16H11F2N3O3S. The van der Waals surface area contributed by atoms with Gasteiger partial charge in [-0.25, -0.2) is 4.79 Å². The molecule has 0 aliphatic heterocycles. The van der Waals surface area contributed by atoms with E-state index in [9.17, 15) is 18.7 Å². The summed E-state index contributed by atoms with van der Waals surface area (Å²) in [6.07, 6.45) is 1.82. The van der Waals surface area contributed by atoms with Crippen molar-refractivity contribution in [2.45, 2.75) is 6.61 Å². The van der Waals surface area contributed by atoms with Crippen molar-refractivity contribution in [2.75, 3.05) is 0 Å². The van der Waals surface area contributed by atoms with Crippen LogP contribution in [0.2, 0.25) is 0 Å². The highest BCUT2D eigenvalue weighted by atomic mass is 32.1. The quantitative estimate of drug-likeness (QED) is 0.597. The third-order valence-electron chi connectivity index (χ3n) is 3.75. The smallest absolute Gasteiger partial charge is 0.387 e. The highest BCUT2D eigenvalue weighted by Crippen LogP contribution is 2.37. The molecule has 0 fully saturated rings. The van der Waals surface area contributed by atoms with E-state index in [1.807, 2.05) is 6.20 Å². The Hall–Kier alpha value is -2.94. The summed E-state index contributed by atoms with van der Waals surface area (Å²) in [4.78, 5) is 11.5. The second-order valence-electron chi connectivity index (χ2n) is 5.38. The summed E-state index contributed by atoms with van der Waals surface area (Å²) < 4.78 is 33.2. The number of fused-ring (bicyclic) bond motifs is 3. The van der Waals surface area contributed by atoms with E-state index in [4.69, 9.17) is 0 Å². The Morgan fingerprint density at radius 3 is 2.68 bits per heavy atom. The molecule has 3 heterocycles. The number of halogens is 2. The van der Waals surface area contributed by atoms with Gasteiger partial charge in [-0.15, -0.1) is 11.3 Å². The van der Waals surface area contributed by atoms with Crippen LogP contribution in [0.3, 0.4) is 0 Å². The molecule has 0 spiro atoms. The number of aromatic nitrogens is 3. The van der Waals surface area contributed by atoms with Gasteiger partial charge in [-0.1, -0.05) is 0 Å². The molecule has 0 bridgehead atoms. The summed E-state index contributed by atoms with van der Waals surface area (Å²) in [5, 5.41) is 14.5. The van der Waals surface area contributed by atoms with Crippen molar-refractivity contribution in [1.82, 2.24) is 14.3 Å². The maximum absolute atomic E-state index is 12.3. The van der Waals surface area contributed by atoms with Crippen molar-refractivity contribution in [3.05, 3.63) is 41.4 Å². The Morgan fingerprint density at radius 1 is 1.32 bits per heavy atom. The number of aromatic carboxylic acids is 1. The molecule has 0 radical (unpaired) electrons. The fraction of sp³-hybridized carbons (Fsp3) is 0.125. The van der Waals surface area contributed by atoms with Gasteiger partial charge in [-0.05, 0) is 30.3 Å². The number of carboxylic acid groups (broad SMARTS) is 1. The molecule has 0 amide bonds. The summed E-state index contributed by atoms with van der Waals surface area (Å²) in [5.41, 5.74) is 2.06. The zero-order valence-corrected chi connectivity index (χ0v) is 13.6. The largest absolute Gasteiger partial charge is 0.477 e. The van der Waals surface area contributed by atoms with Gasteiger partial charge in [0.15, 0.2) is 5.65 Å². The zero-order valence-electron chi connectivity index (χ0n) is 12.8. The number of hydrogen-bond donors (Lipinski definition) is 1. The van der Waals surface area contributed by atoms with E-state index < -0.39 is 12.6 Å². The maximum Gasteiger partial charge on any atom is 0.387 e. The molecule has 1 N–H and O–H groups in total. The van der Waals surface area contributed by atoms with E-state index in [2.05, 4.69) is 9.84 Å². The van der Waals surface area contributed by atoms with Crippen LogP contribution in [0.5, 0.6) is 5.75 Å². The molecule has 0 atom stereocenters. The molecule has 0 aliphatic rings. The lowest BCUT2D eigenvalue weighted by Crippen LogP contribution is -2.02. The lowest BCUT2D eigenvalue weighted by Gasteiger charge is -2.08. The molecule has 0 saturated heterocycles. The Labute approximate surface area is 143 Å². The molecule has 0 unspecified atom stereocenters. The summed E-state index contributed by atoms with van der Waals surface area (Å²) in [6, 6.07) is 7.72. The van der Waals surface area contributed by atoms with Crippen LogP contribution in [-0.2, 0) is 7.05 Å². The predicted molar refractivity (Wildman–Crippen MR) is 89.0 cm³/mol. The Morgan fingerprint density at radius 2 is 2.04 bits per heavy atom. The molecule has 4 aromatic rings. The van der Waals surface area contributed by atoms with Gasteiger partial charge < -0.3 is 9.84 Å². The van der Waals surface area contributed by atoms with Crippen LogP contribution in [0.1, 0.15) is 9.67 Å². The number of aryl methyl sites for hydroxylation is 1. The normalized spacial score (nSPS) is 11.7. The van der Waals surface area contributed by atoms with E-state index in [0.29, 0.717) is 16.9 Å². The van der Waals surface area contributed by atoms with Crippen molar-refractivity contribution < 1.29 is 23.4 Å². The minimum atomic E-state index is -2.89. The second kappa shape index (κ2) is 5.55. The average molecular weight is 363 g/mol. The monoisotopic (exact) mass is 363 g/mol. The van der Waals surface area contributed by atoms with E-state index in [0.717, 1.165) is 10.1 Å². The van der Waals surface area contributed by atoms with Crippen molar-refractivity contribution in [3.8, 4) is 11.4 Å². The predicted octanol–water partition coefficient (Wildman–Crippen LogP) is 3.88. The molecule has 6 nitrogen and oxygen atoms in total. The highest BCUT2D eigenvalue weighted by molar-refractivity contribution is 7.21. The molecule has 3 aromatic heterocycles. The Balaban J connectivity index is 1.93. The molecule has 9 heteroatoms. The number of nitrogens with zero attached hydrogens (tertiary/aromatic N) is 3. The van der Waals surface area contributed by atoms with Crippen molar-refractivity contribution in [2.24, 2.45) is 7.05 Å². The van der Waals surface area contributed by atoms with E-state index >= 15 is 0 Å². The molecule has 0 aliphatic carbocycles. The number of thiophene rings is 1. The number of ether oxygens (including phenoxy) is 1. The van der Waals surface area contributed by atoms with Crippen LogP contribution in [0.15, 0.2) is 36.5 Å². The molecule has 0 saturated carbocycles. The summed E-state index contributed by atoms with van der Waals surface area (Å²) in [7, 11) is 1.78. The minimum Gasteiger partial charge on any atom is -0.477 e. The van der Waals surface area contributed by atoms with Gasteiger partial charge >= 0.3 is 12.6 Å². The number of carboxylic acids is 1. The third kappa shape index (κ3) is 2.52. The first-order valence-corrected chi connectivity index (χ1v) is 8.02. The topological polar surface area (TPSA) is 69.3 Å². The number of alkyl halides is 2. The molecule has 4 rings (SSSR count). The number of benzene rings is 1. The van der Waals surface area contributed by atoms with Crippen molar-refractivity contribution in [1.29, 1.82) is 0 Å². The van der Waals surface area contributed by atoms with Gasteiger partial charge in [0.2, 0.25) is 0 Å². The first-order chi connectivity index (χ1) is 11.9. The fourth-order valence-corrected chi connectivity index (χ4v) is 3.79. The van der Waals surface area contributed by atoms with Gasteiger partial charge in [0.05, 0.1) is 15.6 Å². The number of hydrogen-bond acceptors (Lipinski definition) is 4. The van der Waals surface area contributed by atoms with Crippen LogP contribution in [-0.4, -0.2) is 32.0 Å². The van der Waals surface area contributed by atoms with Crippen LogP contribution in [0, 0.1) is 0 Å². The lowest BCUT2D eigenvalue weighted by atomic mass is 10.3. The fourth-order valence-electron chi connectivity index (χ4n) is 2.80. The van der Waals surface area contributed by atoms with Crippen LogP contribution < -0.4 is 4.74 Å². The van der Waals surface area contributed by atoms with E-state index in [1.165, 1.54) is 23.5 Å². The average Bonchev–Trinajstić information content (AvgIpc) is 3.18. The van der Waals surface area contributed by atoms with Gasteiger partial charge in [-0.3, -0.25) is 9.25 Å². The maximum atomic E-state index is 12.3. The van der Waals surface area contributed by atoms with E-state index in [1.54, 1.807) is 34.5 Å². The summed E-state index contributed by atoms with van der Waals surface area (Å²) in [5.74, 6) is -0.943. The number of rotatable bonds is 4. The minimum absolute atomic E-state index is 0.0518. The van der Waals surface area contributed by atoms with Gasteiger partial charge in [-0.2, -0.15) is 13.9 Å². The lowest BCUT2D eigenvalue weighted by molar-refractivity contribution is -0.0498. The second-order valence-corrected chi connectivity index (χ2v) is 6.43. The molecule has 25 heavy (non-hydrogen) atoms. The van der Waals surface area contributed by atoms with Crippen molar-refractivity contribution in [3.63, 3.8) is 0 Å². The third-order valence-corrected chi connectivity index (χ3v) is 4.90. The Kier molecular flexibility index (Phi) is 3.46. The summed E-state index contributed by atoms with van der Waals surface area (Å²) >= 11 is 1.18. The summed E-state index contributed by atoms with van der Waals surface area (Å²) in [6.45, 7) is -2.89. The molecule has 1 aromatic carbocycles. The highest BCUT2D eigenvalue weighted by Gasteiger charge is 2.20. The van der Waals surface area contributed by atoms with Gasteiger partial charge in [0, 0.05) is 18.9 Å². The standard InChI is InChI=1S/C16H11F2N3O3S/c1-20-7-10-13-11(6-12(25-13)15(22)23)21(14(10)19-20)8-2-4-9(5-3-8)24-16(17)18/h2-7,16H,1H3,(H,22,23). The molecular weight excluding hydrogens is 352 g/mol. The van der Waals surface area contributed by atoms with Gasteiger partial charge in [0.1, 0.15) is 10.6 Å². The van der Waals surface area contributed by atoms with Crippen LogP contribution in [0.25, 0.3) is 26.9 Å².